The Kier molecular flexibility index (Phi) is 3.01. The summed E-state index contributed by atoms with van der Waals surface area (Å²) < 4.78 is 6.06. The zero-order valence-corrected chi connectivity index (χ0v) is 11.7. The van der Waals surface area contributed by atoms with Crippen LogP contribution in [0.25, 0.3) is 0 Å². The summed E-state index contributed by atoms with van der Waals surface area (Å²) in [6.45, 7) is 7.80. The summed E-state index contributed by atoms with van der Waals surface area (Å²) in [5.41, 5.74) is 0.531. The molecule has 1 heteroatoms. The van der Waals surface area contributed by atoms with Crippen molar-refractivity contribution in [1.82, 2.24) is 0 Å². The highest BCUT2D eigenvalue weighted by atomic mass is 16.5. The van der Waals surface area contributed by atoms with Crippen molar-refractivity contribution in [2.45, 2.75) is 65.4 Å². The Bertz CT molecular complexity index is 255. The van der Waals surface area contributed by atoms with Crippen LogP contribution in [0.15, 0.2) is 0 Å². The van der Waals surface area contributed by atoms with E-state index in [9.17, 15) is 0 Å². The Hall–Kier alpha value is -0.0400. The maximum absolute atomic E-state index is 6.06. The zero-order valence-electron chi connectivity index (χ0n) is 11.7. The van der Waals surface area contributed by atoms with Crippen LogP contribution in [0.4, 0.5) is 0 Å². The lowest BCUT2D eigenvalue weighted by molar-refractivity contribution is -0.177. The zero-order chi connectivity index (χ0) is 12.0. The van der Waals surface area contributed by atoms with Gasteiger partial charge in [0.05, 0.1) is 6.10 Å². The summed E-state index contributed by atoms with van der Waals surface area (Å²) >= 11 is 0. The van der Waals surface area contributed by atoms with Crippen molar-refractivity contribution in [3.63, 3.8) is 0 Å². The van der Waals surface area contributed by atoms with Gasteiger partial charge in [0.1, 0.15) is 0 Å². The van der Waals surface area contributed by atoms with Crippen LogP contribution >= 0.6 is 0 Å². The highest BCUT2D eigenvalue weighted by Crippen LogP contribution is 2.65. The molecule has 4 rings (SSSR count). The van der Waals surface area contributed by atoms with Crippen LogP contribution in [0.5, 0.6) is 0 Å². The van der Waals surface area contributed by atoms with Crippen LogP contribution in [0.1, 0.15) is 59.3 Å². The molecule has 0 saturated heterocycles. The molecule has 0 N–H and O–H groups in total. The van der Waals surface area contributed by atoms with Gasteiger partial charge in [0.2, 0.25) is 0 Å². The first-order valence-electron chi connectivity index (χ1n) is 7.82. The van der Waals surface area contributed by atoms with Gasteiger partial charge in [0.15, 0.2) is 0 Å². The van der Waals surface area contributed by atoms with Gasteiger partial charge in [-0.2, -0.15) is 0 Å². The molecule has 0 aliphatic heterocycles. The van der Waals surface area contributed by atoms with Gasteiger partial charge in [0.25, 0.3) is 0 Å². The summed E-state index contributed by atoms with van der Waals surface area (Å²) in [5, 5.41) is 0. The van der Waals surface area contributed by atoms with Crippen molar-refractivity contribution in [2.75, 3.05) is 6.61 Å². The third kappa shape index (κ3) is 1.61. The van der Waals surface area contributed by atoms with Gasteiger partial charge in [-0.05, 0) is 76.0 Å². The molecule has 4 fully saturated rings. The minimum atomic E-state index is 0.479. The molecule has 0 radical (unpaired) electrons. The standard InChI is InChI=1S/C16H28O/c1-4-16(11(3)17-5-2)14-7-12-6-13(9-14)10-15(16)8-12/h11-15H,4-10H2,1-3H3. The number of ether oxygens (including phenoxy) is 1. The number of hydrogen-bond acceptors (Lipinski definition) is 1. The highest BCUT2D eigenvalue weighted by molar-refractivity contribution is 5.07. The molecule has 0 amide bonds. The molecular formula is C16H28O. The molecular weight excluding hydrogens is 208 g/mol. The molecule has 0 heterocycles. The molecule has 4 aliphatic rings. The van der Waals surface area contributed by atoms with Crippen molar-refractivity contribution in [3.8, 4) is 0 Å². The number of rotatable bonds is 4. The quantitative estimate of drug-likeness (QED) is 0.708. The molecule has 4 saturated carbocycles. The summed E-state index contributed by atoms with van der Waals surface area (Å²) in [7, 11) is 0. The fourth-order valence-electron chi connectivity index (χ4n) is 6.00. The molecule has 1 atom stereocenters. The average molecular weight is 236 g/mol. The normalized spacial score (nSPS) is 49.6. The van der Waals surface area contributed by atoms with Crippen LogP contribution in [0.3, 0.4) is 0 Å². The Morgan fingerprint density at radius 1 is 1.00 bits per heavy atom. The van der Waals surface area contributed by atoms with Gasteiger partial charge in [-0.3, -0.25) is 0 Å². The largest absolute Gasteiger partial charge is 0.378 e. The lowest BCUT2D eigenvalue weighted by atomic mass is 9.43. The predicted octanol–water partition coefficient (Wildman–Crippen LogP) is 4.26. The molecule has 0 aromatic carbocycles. The Morgan fingerprint density at radius 2 is 1.53 bits per heavy atom. The fraction of sp³-hybridized carbons (Fsp3) is 1.00. The van der Waals surface area contributed by atoms with Crippen molar-refractivity contribution in [2.24, 2.45) is 29.1 Å². The van der Waals surface area contributed by atoms with E-state index in [0.29, 0.717) is 11.5 Å². The molecule has 1 nitrogen and oxygen atoms in total. The van der Waals surface area contributed by atoms with E-state index in [1.54, 1.807) is 6.42 Å². The maximum atomic E-state index is 6.06. The molecule has 0 spiro atoms. The van der Waals surface area contributed by atoms with Crippen LogP contribution in [-0.2, 0) is 4.74 Å². The van der Waals surface area contributed by atoms with Crippen LogP contribution in [0, 0.1) is 29.1 Å². The minimum Gasteiger partial charge on any atom is -0.378 e. The van der Waals surface area contributed by atoms with E-state index in [4.69, 9.17) is 4.74 Å². The minimum absolute atomic E-state index is 0.479. The van der Waals surface area contributed by atoms with Gasteiger partial charge in [-0.25, -0.2) is 0 Å². The average Bonchev–Trinajstić information content (AvgIpc) is 2.29. The number of hydrogen-bond donors (Lipinski definition) is 0. The lowest BCUT2D eigenvalue weighted by Gasteiger charge is -2.63. The molecule has 4 bridgehead atoms. The topological polar surface area (TPSA) is 9.23 Å². The predicted molar refractivity (Wildman–Crippen MR) is 70.9 cm³/mol. The molecule has 1 unspecified atom stereocenters. The summed E-state index contributed by atoms with van der Waals surface area (Å²) in [4.78, 5) is 0. The second-order valence-corrected chi connectivity index (χ2v) is 6.87. The fourth-order valence-corrected chi connectivity index (χ4v) is 6.00. The van der Waals surface area contributed by atoms with Crippen molar-refractivity contribution in [1.29, 1.82) is 0 Å². The Labute approximate surface area is 106 Å². The van der Waals surface area contributed by atoms with E-state index in [1.165, 1.54) is 32.1 Å². The van der Waals surface area contributed by atoms with Crippen molar-refractivity contribution in [3.05, 3.63) is 0 Å². The monoisotopic (exact) mass is 236 g/mol. The smallest absolute Gasteiger partial charge is 0.0608 e. The van der Waals surface area contributed by atoms with Gasteiger partial charge in [-0.1, -0.05) is 6.92 Å². The van der Waals surface area contributed by atoms with E-state index in [0.717, 1.165) is 30.3 Å². The van der Waals surface area contributed by atoms with E-state index in [1.807, 2.05) is 0 Å². The third-order valence-electron chi connectivity index (χ3n) is 6.44. The van der Waals surface area contributed by atoms with Crippen molar-refractivity contribution < 1.29 is 4.74 Å². The highest BCUT2D eigenvalue weighted by Gasteiger charge is 2.58. The van der Waals surface area contributed by atoms with Gasteiger partial charge >= 0.3 is 0 Å². The van der Waals surface area contributed by atoms with Gasteiger partial charge < -0.3 is 4.74 Å². The van der Waals surface area contributed by atoms with Crippen LogP contribution < -0.4 is 0 Å². The summed E-state index contributed by atoms with van der Waals surface area (Å²) in [5.74, 6) is 4.10. The first-order valence-corrected chi connectivity index (χ1v) is 7.82. The van der Waals surface area contributed by atoms with Gasteiger partial charge in [0, 0.05) is 12.0 Å². The molecule has 98 valence electrons. The second kappa shape index (κ2) is 4.26. The van der Waals surface area contributed by atoms with Crippen LogP contribution in [0.2, 0.25) is 0 Å². The molecule has 4 aliphatic carbocycles. The first kappa shape index (κ1) is 12.0. The SMILES string of the molecule is CCOC(C)C1(CC)C2CC3CC(C2)CC1C3. The Morgan fingerprint density at radius 3 is 1.94 bits per heavy atom. The second-order valence-electron chi connectivity index (χ2n) is 6.87. The molecule has 17 heavy (non-hydrogen) atoms. The van der Waals surface area contributed by atoms with Crippen molar-refractivity contribution >= 4 is 0 Å². The molecule has 0 aromatic rings. The van der Waals surface area contributed by atoms with E-state index < -0.39 is 0 Å². The first-order chi connectivity index (χ1) is 8.20. The van der Waals surface area contributed by atoms with Crippen LogP contribution in [-0.4, -0.2) is 12.7 Å². The summed E-state index contributed by atoms with van der Waals surface area (Å²) in [6, 6.07) is 0. The lowest BCUT2D eigenvalue weighted by Crippen LogP contribution is -2.57. The van der Waals surface area contributed by atoms with Gasteiger partial charge in [-0.15, -0.1) is 0 Å². The van der Waals surface area contributed by atoms with E-state index in [-0.39, 0.29) is 0 Å². The third-order valence-corrected chi connectivity index (χ3v) is 6.44. The van der Waals surface area contributed by atoms with E-state index >= 15 is 0 Å². The van der Waals surface area contributed by atoms with E-state index in [2.05, 4.69) is 20.8 Å². The summed E-state index contributed by atoms with van der Waals surface area (Å²) in [6.07, 6.45) is 9.42. The Balaban J connectivity index is 1.88. The maximum Gasteiger partial charge on any atom is 0.0608 e. The molecule has 0 aromatic heterocycles.